The average molecular weight is 362 g/mol. The van der Waals surface area contributed by atoms with Gasteiger partial charge in [0.2, 0.25) is 0 Å². The van der Waals surface area contributed by atoms with E-state index in [0.717, 1.165) is 18.6 Å². The van der Waals surface area contributed by atoms with E-state index >= 15 is 0 Å². The van der Waals surface area contributed by atoms with Crippen molar-refractivity contribution in [2.45, 2.75) is 6.92 Å². The summed E-state index contributed by atoms with van der Waals surface area (Å²) in [5.74, 6) is 0.0152. The normalized spacial score (nSPS) is 14.4. The van der Waals surface area contributed by atoms with Gasteiger partial charge in [0.1, 0.15) is 0 Å². The fraction of sp³-hybridized carbons (Fsp3) is 0.238. The van der Waals surface area contributed by atoms with Crippen molar-refractivity contribution in [2.24, 2.45) is 0 Å². The van der Waals surface area contributed by atoms with Crippen LogP contribution in [0.1, 0.15) is 17.3 Å². The molecule has 27 heavy (non-hydrogen) atoms. The summed E-state index contributed by atoms with van der Waals surface area (Å²) in [5.41, 5.74) is 3.67. The Balaban J connectivity index is 1.38. The smallest absolute Gasteiger partial charge is 0.321 e. The fourth-order valence-electron chi connectivity index (χ4n) is 3.49. The number of aromatic nitrogens is 1. The molecule has 0 unspecified atom stereocenters. The van der Waals surface area contributed by atoms with Gasteiger partial charge in [0.25, 0.3) is 0 Å². The van der Waals surface area contributed by atoms with Gasteiger partial charge in [0.15, 0.2) is 5.78 Å². The molecule has 2 aromatic carbocycles. The third-order valence-electron chi connectivity index (χ3n) is 5.02. The molecule has 0 atom stereocenters. The molecule has 1 fully saturated rings. The summed E-state index contributed by atoms with van der Waals surface area (Å²) in [6.07, 6.45) is 1.95. The Morgan fingerprint density at radius 1 is 0.963 bits per heavy atom. The van der Waals surface area contributed by atoms with E-state index in [2.05, 4.69) is 39.5 Å². The molecule has 6 heteroatoms. The Bertz CT molecular complexity index is 969. The summed E-state index contributed by atoms with van der Waals surface area (Å²) in [4.78, 5) is 31.3. The maximum absolute atomic E-state index is 12.5. The summed E-state index contributed by atoms with van der Waals surface area (Å²) in [5, 5.41) is 4.12. The standard InChI is InChI=1S/C21H22N4O2/c1-15(26)16-5-7-17(8-6-16)23-21(27)25-13-11-24(12-14-25)20-4-2-3-19-18(20)9-10-22-19/h2-10,22H,11-14H2,1H3,(H,23,27). The second kappa shape index (κ2) is 7.15. The minimum Gasteiger partial charge on any atom is -0.367 e. The Hall–Kier alpha value is -3.28. The SMILES string of the molecule is CC(=O)c1ccc(NC(=O)N2CCN(c3cccc4[nH]ccc34)CC2)cc1. The molecule has 1 saturated heterocycles. The zero-order chi connectivity index (χ0) is 18.8. The number of nitrogens with zero attached hydrogens (tertiary/aromatic N) is 2. The van der Waals surface area contributed by atoms with Gasteiger partial charge in [0, 0.05) is 60.2 Å². The molecule has 6 nitrogen and oxygen atoms in total. The van der Waals surface area contributed by atoms with Gasteiger partial charge in [-0.05, 0) is 49.4 Å². The van der Waals surface area contributed by atoms with E-state index in [1.165, 1.54) is 18.0 Å². The Labute approximate surface area is 157 Å². The maximum Gasteiger partial charge on any atom is 0.321 e. The number of aromatic amines is 1. The lowest BCUT2D eigenvalue weighted by Gasteiger charge is -2.36. The van der Waals surface area contributed by atoms with Gasteiger partial charge in [0.05, 0.1) is 0 Å². The van der Waals surface area contributed by atoms with Gasteiger partial charge in [-0.1, -0.05) is 6.07 Å². The van der Waals surface area contributed by atoms with Gasteiger partial charge < -0.3 is 20.1 Å². The van der Waals surface area contributed by atoms with E-state index in [1.54, 1.807) is 24.3 Å². The highest BCUT2D eigenvalue weighted by Gasteiger charge is 2.22. The number of fused-ring (bicyclic) bond motifs is 1. The first kappa shape index (κ1) is 17.1. The topological polar surface area (TPSA) is 68.4 Å². The molecule has 0 radical (unpaired) electrons. The van der Waals surface area contributed by atoms with E-state index < -0.39 is 0 Å². The van der Waals surface area contributed by atoms with Crippen LogP contribution >= 0.6 is 0 Å². The second-order valence-electron chi connectivity index (χ2n) is 6.75. The predicted molar refractivity (Wildman–Crippen MR) is 108 cm³/mol. The molecule has 2 heterocycles. The summed E-state index contributed by atoms with van der Waals surface area (Å²) in [7, 11) is 0. The lowest BCUT2D eigenvalue weighted by molar-refractivity contribution is 0.101. The third kappa shape index (κ3) is 3.51. The van der Waals surface area contributed by atoms with Crippen molar-refractivity contribution < 1.29 is 9.59 Å². The Kier molecular flexibility index (Phi) is 4.54. The number of H-pyrrole nitrogens is 1. The molecule has 0 spiro atoms. The number of ketones is 1. The zero-order valence-electron chi connectivity index (χ0n) is 15.2. The van der Waals surface area contributed by atoms with Crippen molar-refractivity contribution >= 4 is 34.1 Å². The number of carbonyl (C=O) groups is 2. The summed E-state index contributed by atoms with van der Waals surface area (Å²) < 4.78 is 0. The molecule has 2 N–H and O–H groups in total. The number of hydrogen-bond acceptors (Lipinski definition) is 3. The predicted octanol–water partition coefficient (Wildman–Crippen LogP) is 3.72. The van der Waals surface area contributed by atoms with E-state index in [9.17, 15) is 9.59 Å². The molecule has 0 aliphatic carbocycles. The minimum atomic E-state index is -0.106. The van der Waals surface area contributed by atoms with Crippen LogP contribution in [0, 0.1) is 0 Å². The first-order chi connectivity index (χ1) is 13.1. The van der Waals surface area contributed by atoms with Crippen LogP contribution in [0.3, 0.4) is 0 Å². The van der Waals surface area contributed by atoms with Crippen LogP contribution in [-0.4, -0.2) is 47.9 Å². The van der Waals surface area contributed by atoms with Crippen LogP contribution in [0.5, 0.6) is 0 Å². The van der Waals surface area contributed by atoms with Gasteiger partial charge in [-0.2, -0.15) is 0 Å². The fourth-order valence-corrected chi connectivity index (χ4v) is 3.49. The van der Waals surface area contributed by atoms with Gasteiger partial charge >= 0.3 is 6.03 Å². The van der Waals surface area contributed by atoms with Crippen LogP contribution in [-0.2, 0) is 0 Å². The van der Waals surface area contributed by atoms with E-state index in [4.69, 9.17) is 0 Å². The van der Waals surface area contributed by atoms with Crippen molar-refractivity contribution in [3.05, 3.63) is 60.3 Å². The molecule has 1 aromatic heterocycles. The third-order valence-corrected chi connectivity index (χ3v) is 5.02. The maximum atomic E-state index is 12.5. The van der Waals surface area contributed by atoms with E-state index in [-0.39, 0.29) is 11.8 Å². The second-order valence-corrected chi connectivity index (χ2v) is 6.75. The lowest BCUT2D eigenvalue weighted by Crippen LogP contribution is -2.50. The van der Waals surface area contributed by atoms with Crippen molar-refractivity contribution in [2.75, 3.05) is 36.4 Å². The van der Waals surface area contributed by atoms with Crippen molar-refractivity contribution in [1.29, 1.82) is 0 Å². The molecular weight excluding hydrogens is 340 g/mol. The number of hydrogen-bond donors (Lipinski definition) is 2. The molecule has 0 saturated carbocycles. The number of benzene rings is 2. The van der Waals surface area contributed by atoms with Gasteiger partial charge in [-0.15, -0.1) is 0 Å². The first-order valence-electron chi connectivity index (χ1n) is 9.10. The van der Waals surface area contributed by atoms with Crippen molar-refractivity contribution in [3.63, 3.8) is 0 Å². The number of urea groups is 1. The van der Waals surface area contributed by atoms with E-state index in [1.807, 2.05) is 11.1 Å². The summed E-state index contributed by atoms with van der Waals surface area (Å²) in [6.45, 7) is 4.44. The monoisotopic (exact) mass is 362 g/mol. The quantitative estimate of drug-likeness (QED) is 0.698. The van der Waals surface area contributed by atoms with Crippen molar-refractivity contribution in [3.8, 4) is 0 Å². The number of carbonyl (C=O) groups excluding carboxylic acids is 2. The highest BCUT2D eigenvalue weighted by Crippen LogP contribution is 2.27. The molecule has 2 amide bonds. The first-order valence-corrected chi connectivity index (χ1v) is 9.10. The van der Waals surface area contributed by atoms with Crippen LogP contribution in [0.15, 0.2) is 54.7 Å². The average Bonchev–Trinajstić information content (AvgIpc) is 3.17. The highest BCUT2D eigenvalue weighted by molar-refractivity contribution is 5.95. The molecule has 3 aromatic rings. The summed E-state index contributed by atoms with van der Waals surface area (Å²) >= 11 is 0. The largest absolute Gasteiger partial charge is 0.367 e. The molecule has 1 aliphatic rings. The molecule has 1 aliphatic heterocycles. The molecule has 138 valence electrons. The number of nitrogens with one attached hydrogen (secondary N) is 2. The van der Waals surface area contributed by atoms with Crippen LogP contribution < -0.4 is 10.2 Å². The Morgan fingerprint density at radius 2 is 1.70 bits per heavy atom. The number of piperazine rings is 1. The van der Waals surface area contributed by atoms with Gasteiger partial charge in [-0.3, -0.25) is 4.79 Å². The Morgan fingerprint density at radius 3 is 2.41 bits per heavy atom. The zero-order valence-corrected chi connectivity index (χ0v) is 15.2. The molecule has 4 rings (SSSR count). The van der Waals surface area contributed by atoms with E-state index in [0.29, 0.717) is 24.3 Å². The number of amides is 2. The lowest BCUT2D eigenvalue weighted by atomic mass is 10.1. The van der Waals surface area contributed by atoms with Crippen LogP contribution in [0.25, 0.3) is 10.9 Å². The number of rotatable bonds is 3. The van der Waals surface area contributed by atoms with Crippen LogP contribution in [0.4, 0.5) is 16.2 Å². The summed E-state index contributed by atoms with van der Waals surface area (Å²) in [6, 6.07) is 15.2. The molecular formula is C21H22N4O2. The minimum absolute atomic E-state index is 0.0152. The highest BCUT2D eigenvalue weighted by atomic mass is 16.2. The van der Waals surface area contributed by atoms with Crippen molar-refractivity contribution in [1.82, 2.24) is 9.88 Å². The number of anilines is 2. The molecule has 0 bridgehead atoms. The van der Waals surface area contributed by atoms with Gasteiger partial charge in [-0.25, -0.2) is 4.79 Å². The van der Waals surface area contributed by atoms with Crippen LogP contribution in [0.2, 0.25) is 0 Å². The number of Topliss-reactive ketones (excluding diaryl/α,β-unsaturated/α-hetero) is 1.